The Morgan fingerprint density at radius 1 is 1.20 bits per heavy atom. The fraction of sp³-hybridized carbons (Fsp3) is 0.647. The number of nitrogens with one attached hydrogen (secondary N) is 1. The number of hydrogen-bond acceptors (Lipinski definition) is 3. The van der Waals surface area contributed by atoms with Crippen molar-refractivity contribution >= 4 is 0 Å². The van der Waals surface area contributed by atoms with E-state index in [4.69, 9.17) is 9.47 Å². The maximum Gasteiger partial charge on any atom is 0.0933 e. The summed E-state index contributed by atoms with van der Waals surface area (Å²) in [7, 11) is 0. The number of benzene rings is 1. The average Bonchev–Trinajstić information content (AvgIpc) is 2.44. The molecule has 1 heterocycles. The number of rotatable bonds is 5. The molecule has 1 aromatic rings. The Morgan fingerprint density at radius 2 is 1.95 bits per heavy atom. The molecule has 0 bridgehead atoms. The highest BCUT2D eigenvalue weighted by Gasteiger charge is 2.22. The Kier molecular flexibility index (Phi) is 5.58. The van der Waals surface area contributed by atoms with Crippen molar-refractivity contribution in [2.75, 3.05) is 26.4 Å². The van der Waals surface area contributed by atoms with Crippen molar-refractivity contribution in [3.63, 3.8) is 0 Å². The van der Waals surface area contributed by atoms with Gasteiger partial charge in [0.2, 0.25) is 0 Å². The molecule has 2 unspecified atom stereocenters. The summed E-state index contributed by atoms with van der Waals surface area (Å²) in [5, 5.41) is 3.66. The molecule has 1 fully saturated rings. The zero-order valence-electron chi connectivity index (χ0n) is 12.9. The highest BCUT2D eigenvalue weighted by atomic mass is 16.6. The van der Waals surface area contributed by atoms with Crippen LogP contribution in [0.25, 0.3) is 0 Å². The van der Waals surface area contributed by atoms with Gasteiger partial charge in [-0.3, -0.25) is 0 Å². The van der Waals surface area contributed by atoms with Gasteiger partial charge >= 0.3 is 0 Å². The van der Waals surface area contributed by atoms with E-state index in [9.17, 15) is 0 Å². The van der Waals surface area contributed by atoms with Crippen molar-refractivity contribution in [3.05, 3.63) is 35.9 Å². The molecule has 2 atom stereocenters. The predicted octanol–water partition coefficient (Wildman–Crippen LogP) is 3.17. The summed E-state index contributed by atoms with van der Waals surface area (Å²) in [4.78, 5) is 0. The van der Waals surface area contributed by atoms with Crippen LogP contribution in [0.15, 0.2) is 30.3 Å². The fourth-order valence-electron chi connectivity index (χ4n) is 2.53. The van der Waals surface area contributed by atoms with Gasteiger partial charge in [-0.2, -0.15) is 0 Å². The summed E-state index contributed by atoms with van der Waals surface area (Å²) in [5.74, 6) is 0. The second-order valence-electron chi connectivity index (χ2n) is 6.70. The van der Waals surface area contributed by atoms with E-state index in [1.54, 1.807) is 0 Å². The maximum absolute atomic E-state index is 5.71. The predicted molar refractivity (Wildman–Crippen MR) is 81.8 cm³/mol. The van der Waals surface area contributed by atoms with Gasteiger partial charge in [0.1, 0.15) is 0 Å². The largest absolute Gasteiger partial charge is 0.376 e. The first kappa shape index (κ1) is 15.5. The Bertz CT molecular complexity index is 380. The Hall–Kier alpha value is -0.900. The van der Waals surface area contributed by atoms with Gasteiger partial charge in [0.15, 0.2) is 0 Å². The van der Waals surface area contributed by atoms with Gasteiger partial charge in [-0.05, 0) is 17.4 Å². The third-order valence-corrected chi connectivity index (χ3v) is 3.50. The van der Waals surface area contributed by atoms with E-state index in [1.165, 1.54) is 5.56 Å². The lowest BCUT2D eigenvalue weighted by Crippen LogP contribution is -2.39. The van der Waals surface area contributed by atoms with Gasteiger partial charge in [-0.1, -0.05) is 51.1 Å². The van der Waals surface area contributed by atoms with Crippen molar-refractivity contribution in [1.82, 2.24) is 5.32 Å². The third kappa shape index (κ3) is 5.23. The lowest BCUT2D eigenvalue weighted by Gasteiger charge is -2.30. The molecule has 3 heteroatoms. The minimum absolute atomic E-state index is 0.176. The van der Waals surface area contributed by atoms with Gasteiger partial charge in [0, 0.05) is 12.6 Å². The molecule has 20 heavy (non-hydrogen) atoms. The molecular weight excluding hydrogens is 250 g/mol. The van der Waals surface area contributed by atoms with Crippen LogP contribution in [0.5, 0.6) is 0 Å². The first-order chi connectivity index (χ1) is 9.54. The van der Waals surface area contributed by atoms with Crippen LogP contribution in [0.1, 0.15) is 38.8 Å². The van der Waals surface area contributed by atoms with Crippen molar-refractivity contribution in [2.45, 2.75) is 39.3 Å². The molecule has 1 aliphatic rings. The minimum atomic E-state index is 0.176. The quantitative estimate of drug-likeness (QED) is 0.896. The van der Waals surface area contributed by atoms with E-state index < -0.39 is 0 Å². The SMILES string of the molecule is CC(C)(C)CC(NCC1COCCO1)c1ccccc1. The number of hydrogen-bond donors (Lipinski definition) is 1. The van der Waals surface area contributed by atoms with Gasteiger partial charge in [0.05, 0.1) is 25.9 Å². The van der Waals surface area contributed by atoms with Crippen molar-refractivity contribution in [3.8, 4) is 0 Å². The molecule has 0 spiro atoms. The Balaban J connectivity index is 1.95. The van der Waals surface area contributed by atoms with Crippen LogP contribution in [0.4, 0.5) is 0 Å². The van der Waals surface area contributed by atoms with Crippen LogP contribution in [0, 0.1) is 5.41 Å². The molecule has 1 saturated heterocycles. The molecule has 112 valence electrons. The molecule has 0 radical (unpaired) electrons. The van der Waals surface area contributed by atoms with Crippen molar-refractivity contribution in [2.24, 2.45) is 5.41 Å². The molecule has 0 aromatic heterocycles. The number of ether oxygens (including phenoxy) is 2. The highest BCUT2D eigenvalue weighted by Crippen LogP contribution is 2.29. The van der Waals surface area contributed by atoms with Gasteiger partial charge in [0.25, 0.3) is 0 Å². The summed E-state index contributed by atoms with van der Waals surface area (Å²) >= 11 is 0. The molecular formula is C17H27NO2. The molecule has 3 nitrogen and oxygen atoms in total. The highest BCUT2D eigenvalue weighted by molar-refractivity contribution is 5.19. The summed E-state index contributed by atoms with van der Waals surface area (Å²) in [5.41, 5.74) is 1.64. The first-order valence-corrected chi connectivity index (χ1v) is 7.52. The van der Waals surface area contributed by atoms with Crippen molar-refractivity contribution < 1.29 is 9.47 Å². The van der Waals surface area contributed by atoms with Gasteiger partial charge in [-0.15, -0.1) is 0 Å². The van der Waals surface area contributed by atoms with Gasteiger partial charge < -0.3 is 14.8 Å². The zero-order valence-corrected chi connectivity index (χ0v) is 12.9. The molecule has 1 aromatic carbocycles. The van der Waals surface area contributed by atoms with Crippen LogP contribution in [-0.4, -0.2) is 32.5 Å². The second-order valence-corrected chi connectivity index (χ2v) is 6.70. The summed E-state index contributed by atoms with van der Waals surface area (Å²) in [6.07, 6.45) is 1.28. The van der Waals surface area contributed by atoms with E-state index >= 15 is 0 Å². The minimum Gasteiger partial charge on any atom is -0.376 e. The van der Waals surface area contributed by atoms with Crippen LogP contribution in [-0.2, 0) is 9.47 Å². The summed E-state index contributed by atoms with van der Waals surface area (Å²) in [6, 6.07) is 11.0. The van der Waals surface area contributed by atoms with Crippen molar-refractivity contribution in [1.29, 1.82) is 0 Å². The average molecular weight is 277 g/mol. The zero-order chi connectivity index (χ0) is 14.4. The molecule has 1 N–H and O–H groups in total. The van der Waals surface area contributed by atoms with E-state index in [2.05, 4.69) is 56.4 Å². The monoisotopic (exact) mass is 277 g/mol. The summed E-state index contributed by atoms with van der Waals surface area (Å²) < 4.78 is 11.2. The lowest BCUT2D eigenvalue weighted by atomic mass is 9.85. The molecule has 0 aliphatic carbocycles. The van der Waals surface area contributed by atoms with Crippen LogP contribution in [0.2, 0.25) is 0 Å². The topological polar surface area (TPSA) is 30.5 Å². The second kappa shape index (κ2) is 7.21. The van der Waals surface area contributed by atoms with E-state index in [0.29, 0.717) is 19.3 Å². The third-order valence-electron chi connectivity index (χ3n) is 3.50. The maximum atomic E-state index is 5.71. The van der Waals surface area contributed by atoms with Crippen LogP contribution < -0.4 is 5.32 Å². The normalized spacial score (nSPS) is 21.6. The van der Waals surface area contributed by atoms with E-state index in [1.807, 2.05) is 0 Å². The molecule has 2 rings (SSSR count). The fourth-order valence-corrected chi connectivity index (χ4v) is 2.53. The van der Waals surface area contributed by atoms with E-state index in [-0.39, 0.29) is 11.5 Å². The molecule has 1 aliphatic heterocycles. The Morgan fingerprint density at radius 3 is 2.55 bits per heavy atom. The Labute approximate surface area is 122 Å². The molecule has 0 saturated carbocycles. The van der Waals surface area contributed by atoms with Crippen LogP contribution >= 0.6 is 0 Å². The standard InChI is InChI=1S/C17H27NO2/c1-17(2,3)11-16(14-7-5-4-6-8-14)18-12-15-13-19-9-10-20-15/h4-8,15-16,18H,9-13H2,1-3H3. The van der Waals surface area contributed by atoms with Gasteiger partial charge in [-0.25, -0.2) is 0 Å². The van der Waals surface area contributed by atoms with E-state index in [0.717, 1.165) is 19.6 Å². The first-order valence-electron chi connectivity index (χ1n) is 7.52. The van der Waals surface area contributed by atoms with Crippen LogP contribution in [0.3, 0.4) is 0 Å². The molecule has 0 amide bonds. The lowest BCUT2D eigenvalue weighted by molar-refractivity contribution is -0.0873. The summed E-state index contributed by atoms with van der Waals surface area (Å²) in [6.45, 7) is 9.82. The smallest absolute Gasteiger partial charge is 0.0933 e.